The molecule has 1 aliphatic rings. The van der Waals surface area contributed by atoms with E-state index in [2.05, 4.69) is 0 Å². The maximum absolute atomic E-state index is 10.5. The minimum Gasteiger partial charge on any atom is -0.504 e. The zero-order valence-electron chi connectivity index (χ0n) is 20.6. The summed E-state index contributed by atoms with van der Waals surface area (Å²) in [7, 11) is 2.83. The van der Waals surface area contributed by atoms with Crippen molar-refractivity contribution < 1.29 is 54.7 Å². The Balaban J connectivity index is 2.06. The van der Waals surface area contributed by atoms with Gasteiger partial charge in [0.15, 0.2) is 23.0 Å². The van der Waals surface area contributed by atoms with Crippen LogP contribution in [0.15, 0.2) is 36.4 Å². The summed E-state index contributed by atoms with van der Waals surface area (Å²) in [5.74, 6) is -0.0162. The number of aliphatic hydroxyl groups excluding tert-OH is 6. The zero-order valence-corrected chi connectivity index (χ0v) is 20.6. The first-order chi connectivity index (χ1) is 17.8. The van der Waals surface area contributed by atoms with Crippen LogP contribution in [0.2, 0.25) is 0 Å². The summed E-state index contributed by atoms with van der Waals surface area (Å²) in [6.45, 7) is -1.15. The van der Waals surface area contributed by atoms with Crippen molar-refractivity contribution >= 4 is 6.08 Å². The van der Waals surface area contributed by atoms with Gasteiger partial charge in [0.25, 0.3) is 0 Å². The number of aliphatic hydroxyl groups is 6. The third-order valence-corrected chi connectivity index (χ3v) is 6.21. The van der Waals surface area contributed by atoms with Gasteiger partial charge in [-0.05, 0) is 41.8 Å². The van der Waals surface area contributed by atoms with Gasteiger partial charge in [-0.2, -0.15) is 0 Å². The summed E-state index contributed by atoms with van der Waals surface area (Å²) in [5, 5.41) is 69.9. The molecule has 204 valence electrons. The monoisotopic (exact) mass is 522 g/mol. The summed E-state index contributed by atoms with van der Waals surface area (Å²) in [4.78, 5) is 0. The maximum atomic E-state index is 10.5. The molecular weight excluding hydrogens is 488 g/mol. The predicted molar refractivity (Wildman–Crippen MR) is 132 cm³/mol. The van der Waals surface area contributed by atoms with Crippen molar-refractivity contribution in [1.82, 2.24) is 0 Å². The van der Waals surface area contributed by atoms with E-state index in [0.29, 0.717) is 11.1 Å². The van der Waals surface area contributed by atoms with Crippen LogP contribution < -0.4 is 14.2 Å². The Morgan fingerprint density at radius 1 is 0.946 bits per heavy atom. The van der Waals surface area contributed by atoms with E-state index >= 15 is 0 Å². The summed E-state index contributed by atoms with van der Waals surface area (Å²) < 4.78 is 22.2. The van der Waals surface area contributed by atoms with Gasteiger partial charge < -0.3 is 54.7 Å². The van der Waals surface area contributed by atoms with E-state index in [1.807, 2.05) is 0 Å². The van der Waals surface area contributed by atoms with Crippen LogP contribution in [0.1, 0.15) is 22.6 Å². The lowest BCUT2D eigenvalue weighted by molar-refractivity contribution is -0.277. The van der Waals surface area contributed by atoms with E-state index in [9.17, 15) is 35.7 Å². The summed E-state index contributed by atoms with van der Waals surface area (Å²) in [6, 6.07) is 8.14. The third-order valence-electron chi connectivity index (χ3n) is 6.21. The van der Waals surface area contributed by atoms with Crippen molar-refractivity contribution in [1.29, 1.82) is 0 Å². The number of hydrogen-bond donors (Lipinski definition) is 7. The largest absolute Gasteiger partial charge is 0.504 e. The van der Waals surface area contributed by atoms with Gasteiger partial charge >= 0.3 is 0 Å². The quantitative estimate of drug-likeness (QED) is 0.210. The molecule has 1 heterocycles. The average molecular weight is 523 g/mol. The summed E-state index contributed by atoms with van der Waals surface area (Å²) in [5.41, 5.74) is 1.83. The molecule has 2 aromatic carbocycles. The van der Waals surface area contributed by atoms with E-state index in [-0.39, 0.29) is 42.6 Å². The average Bonchev–Trinajstić information content (AvgIpc) is 2.91. The van der Waals surface area contributed by atoms with Gasteiger partial charge in [0.2, 0.25) is 6.29 Å². The maximum Gasteiger partial charge on any atom is 0.229 e. The molecule has 0 amide bonds. The summed E-state index contributed by atoms with van der Waals surface area (Å²) >= 11 is 0. The van der Waals surface area contributed by atoms with Crippen LogP contribution in [-0.4, -0.2) is 100 Å². The molecule has 1 unspecified atom stereocenters. The number of hydrogen-bond acceptors (Lipinski definition) is 11. The van der Waals surface area contributed by atoms with Crippen LogP contribution in [-0.2, 0) is 11.2 Å². The highest BCUT2D eigenvalue weighted by Crippen LogP contribution is 2.41. The van der Waals surface area contributed by atoms with E-state index in [1.54, 1.807) is 30.3 Å². The van der Waals surface area contributed by atoms with Crippen molar-refractivity contribution in [3.8, 4) is 23.0 Å². The number of aromatic hydroxyl groups is 1. The molecule has 11 nitrogen and oxygen atoms in total. The van der Waals surface area contributed by atoms with Crippen molar-refractivity contribution in [3.63, 3.8) is 0 Å². The first-order valence-electron chi connectivity index (χ1n) is 11.7. The fraction of sp³-hybridized carbons (Fsp3) is 0.462. The predicted octanol–water partition coefficient (Wildman–Crippen LogP) is -0.0878. The Labute approximate surface area is 214 Å². The molecular formula is C26H34O11. The Morgan fingerprint density at radius 2 is 1.68 bits per heavy atom. The second-order valence-corrected chi connectivity index (χ2v) is 8.63. The molecule has 6 atom stereocenters. The fourth-order valence-electron chi connectivity index (χ4n) is 4.20. The van der Waals surface area contributed by atoms with E-state index in [1.165, 1.54) is 26.4 Å². The van der Waals surface area contributed by atoms with Crippen LogP contribution in [0.3, 0.4) is 0 Å². The molecule has 1 aliphatic heterocycles. The molecule has 0 aliphatic carbocycles. The van der Waals surface area contributed by atoms with Gasteiger partial charge in [-0.3, -0.25) is 0 Å². The van der Waals surface area contributed by atoms with E-state index in [0.717, 1.165) is 5.56 Å². The third kappa shape index (κ3) is 6.51. The zero-order chi connectivity index (χ0) is 27.1. The highest BCUT2D eigenvalue weighted by atomic mass is 16.7. The van der Waals surface area contributed by atoms with Gasteiger partial charge in [-0.15, -0.1) is 0 Å². The van der Waals surface area contributed by atoms with Gasteiger partial charge in [0.1, 0.15) is 24.4 Å². The molecule has 0 aromatic heterocycles. The van der Waals surface area contributed by atoms with Gasteiger partial charge in [0.05, 0.1) is 34.0 Å². The molecule has 0 radical (unpaired) electrons. The van der Waals surface area contributed by atoms with Gasteiger partial charge in [0, 0.05) is 11.5 Å². The Bertz CT molecular complexity index is 1060. The molecule has 0 saturated carbocycles. The number of methoxy groups -OCH3 is 2. The van der Waals surface area contributed by atoms with Crippen LogP contribution in [0.25, 0.3) is 6.08 Å². The topological polar surface area (TPSA) is 179 Å². The van der Waals surface area contributed by atoms with Crippen LogP contribution in [0.4, 0.5) is 0 Å². The SMILES string of the molecule is COc1cc(C[C@@H](CO)c2cc(/C=C/CO)cc(OC)c2O[C@@H]2OC(CO)[C@@H](O)[C@H](O)[C@H]2O)ccc1O. The van der Waals surface area contributed by atoms with Crippen molar-refractivity contribution in [2.24, 2.45) is 0 Å². The molecule has 2 aromatic rings. The number of ether oxygens (including phenoxy) is 4. The molecule has 0 spiro atoms. The highest BCUT2D eigenvalue weighted by molar-refractivity contribution is 5.60. The Hall–Kier alpha value is -2.90. The standard InChI is InChI=1S/C26H34O11/c1-34-19-10-15(5-6-18(19)30)8-16(12-28)17-9-14(4-3-7-27)11-20(35-2)25(17)37-26-24(33)23(32)22(31)21(13-29)36-26/h3-6,9-11,16,21-24,26-33H,7-8,12-13H2,1-2H3/b4-3+/t16-,21?,22+,23-,24+,26-/m0/s1. The lowest BCUT2D eigenvalue weighted by atomic mass is 9.90. The lowest BCUT2D eigenvalue weighted by Gasteiger charge is -2.40. The van der Waals surface area contributed by atoms with Crippen molar-refractivity contribution in [2.75, 3.05) is 34.0 Å². The molecule has 0 bridgehead atoms. The molecule has 1 fully saturated rings. The van der Waals surface area contributed by atoms with Crippen LogP contribution in [0.5, 0.6) is 23.0 Å². The summed E-state index contributed by atoms with van der Waals surface area (Å²) in [6.07, 6.45) is -4.04. The van der Waals surface area contributed by atoms with E-state index < -0.39 is 43.2 Å². The second-order valence-electron chi connectivity index (χ2n) is 8.63. The number of phenolic OH excluding ortho intramolecular Hbond substituents is 1. The highest BCUT2D eigenvalue weighted by Gasteiger charge is 2.45. The number of rotatable bonds is 11. The number of benzene rings is 2. The first-order valence-corrected chi connectivity index (χ1v) is 11.7. The lowest BCUT2D eigenvalue weighted by Crippen LogP contribution is -2.60. The fourth-order valence-corrected chi connectivity index (χ4v) is 4.20. The smallest absolute Gasteiger partial charge is 0.229 e. The second kappa shape index (κ2) is 13.1. The van der Waals surface area contributed by atoms with Gasteiger partial charge in [-0.1, -0.05) is 18.2 Å². The van der Waals surface area contributed by atoms with Crippen molar-refractivity contribution in [3.05, 3.63) is 53.1 Å². The van der Waals surface area contributed by atoms with Gasteiger partial charge in [-0.25, -0.2) is 0 Å². The van der Waals surface area contributed by atoms with Crippen LogP contribution >= 0.6 is 0 Å². The Morgan fingerprint density at radius 3 is 2.30 bits per heavy atom. The Kier molecular flexibility index (Phi) is 10.1. The molecule has 1 saturated heterocycles. The molecule has 3 rings (SSSR count). The molecule has 37 heavy (non-hydrogen) atoms. The van der Waals surface area contributed by atoms with E-state index in [4.69, 9.17) is 18.9 Å². The number of phenols is 1. The minimum atomic E-state index is -1.65. The molecule has 7 N–H and O–H groups in total. The first kappa shape index (κ1) is 28.7. The molecule has 11 heteroatoms. The normalized spacial score (nSPS) is 24.7. The van der Waals surface area contributed by atoms with Crippen LogP contribution in [0, 0.1) is 0 Å². The minimum absolute atomic E-state index is 0.0313. The van der Waals surface area contributed by atoms with Crippen molar-refractivity contribution in [2.45, 2.75) is 43.0 Å².